The fourth-order valence-corrected chi connectivity index (χ4v) is 5.45. The maximum atomic E-state index is 14.2. The molecule has 2 saturated heterocycles. The second kappa shape index (κ2) is 12.2. The van der Waals surface area contributed by atoms with Crippen molar-refractivity contribution in [1.82, 2.24) is 19.9 Å². The molecular formula is C27H32ClF2N7O. The van der Waals surface area contributed by atoms with Gasteiger partial charge in [0.25, 0.3) is 0 Å². The summed E-state index contributed by atoms with van der Waals surface area (Å²) in [6.07, 6.45) is 11.5. The highest BCUT2D eigenvalue weighted by Crippen LogP contribution is 2.31. The van der Waals surface area contributed by atoms with E-state index in [0.29, 0.717) is 54.3 Å². The van der Waals surface area contributed by atoms with Crippen molar-refractivity contribution >= 4 is 23.5 Å². The molecule has 0 spiro atoms. The van der Waals surface area contributed by atoms with Crippen molar-refractivity contribution in [2.45, 2.75) is 44.1 Å². The molecule has 0 saturated carbocycles. The zero-order chi connectivity index (χ0) is 26.5. The van der Waals surface area contributed by atoms with Gasteiger partial charge in [-0.3, -0.25) is 0 Å². The van der Waals surface area contributed by atoms with Gasteiger partial charge < -0.3 is 20.3 Å². The average molecular weight is 544 g/mol. The number of nitrogens with zero attached hydrogens (tertiary/aromatic N) is 6. The van der Waals surface area contributed by atoms with Crippen LogP contribution in [0.15, 0.2) is 43.0 Å². The summed E-state index contributed by atoms with van der Waals surface area (Å²) in [5.41, 5.74) is 6.68. The van der Waals surface area contributed by atoms with Crippen LogP contribution in [0.2, 0.25) is 5.02 Å². The van der Waals surface area contributed by atoms with E-state index in [9.17, 15) is 8.78 Å². The van der Waals surface area contributed by atoms with Gasteiger partial charge in [0.05, 0.1) is 36.4 Å². The lowest BCUT2D eigenvalue weighted by atomic mass is 9.85. The van der Waals surface area contributed by atoms with Crippen LogP contribution in [0.5, 0.6) is 5.75 Å². The van der Waals surface area contributed by atoms with E-state index in [4.69, 9.17) is 22.1 Å². The first-order valence-corrected chi connectivity index (χ1v) is 13.5. The van der Waals surface area contributed by atoms with E-state index in [1.54, 1.807) is 24.8 Å². The fraction of sp³-hybridized carbons (Fsp3) is 0.481. The molecule has 8 nitrogen and oxygen atoms in total. The van der Waals surface area contributed by atoms with E-state index >= 15 is 0 Å². The number of hydrogen-bond donors (Lipinski definition) is 1. The molecule has 3 aromatic rings. The molecule has 0 aliphatic carbocycles. The van der Waals surface area contributed by atoms with Crippen LogP contribution in [0.3, 0.4) is 0 Å². The van der Waals surface area contributed by atoms with Crippen molar-refractivity contribution in [2.75, 3.05) is 42.6 Å². The summed E-state index contributed by atoms with van der Waals surface area (Å²) < 4.78 is 33.7. The van der Waals surface area contributed by atoms with E-state index in [1.165, 1.54) is 6.07 Å². The summed E-state index contributed by atoms with van der Waals surface area (Å²) in [6.45, 7) is 3.57. The van der Waals surface area contributed by atoms with Crippen LogP contribution < -0.4 is 20.3 Å². The molecule has 2 unspecified atom stereocenters. The molecule has 2 atom stereocenters. The summed E-state index contributed by atoms with van der Waals surface area (Å²) in [5.74, 6) is 1.47. The van der Waals surface area contributed by atoms with Gasteiger partial charge in [-0.05, 0) is 61.8 Å². The van der Waals surface area contributed by atoms with Crippen molar-refractivity contribution in [1.29, 1.82) is 0 Å². The monoisotopic (exact) mass is 543 g/mol. The standard InChI is InChI=1S/C27H32ClF2N7O/c28-19-13-32-26(33-14-19)36-8-5-18(6-9-36)2-1-11-38-21-15-34-27(35-16-21)37-10-7-22(25(31)17-37)23-12-20(29)3-4-24(23)30/h3-4,12-16,18,22,25H,1-2,5-11,17,31H2. The van der Waals surface area contributed by atoms with E-state index in [0.717, 1.165) is 56.9 Å². The summed E-state index contributed by atoms with van der Waals surface area (Å²) in [6, 6.07) is 3.17. The van der Waals surface area contributed by atoms with Gasteiger partial charge >= 0.3 is 0 Å². The Labute approximate surface area is 226 Å². The van der Waals surface area contributed by atoms with Gasteiger partial charge in [-0.25, -0.2) is 28.7 Å². The van der Waals surface area contributed by atoms with Crippen LogP contribution in [-0.2, 0) is 0 Å². The average Bonchev–Trinajstić information content (AvgIpc) is 2.94. The maximum absolute atomic E-state index is 14.2. The Morgan fingerprint density at radius 1 is 0.921 bits per heavy atom. The SMILES string of the molecule is NC1CN(c2ncc(OCCCC3CCN(c4ncc(Cl)cn4)CC3)cn2)CCC1c1cc(F)ccc1F. The predicted octanol–water partition coefficient (Wildman–Crippen LogP) is 4.60. The molecule has 2 aliphatic heterocycles. The van der Waals surface area contributed by atoms with Crippen LogP contribution in [0, 0.1) is 17.6 Å². The van der Waals surface area contributed by atoms with Crippen molar-refractivity contribution < 1.29 is 13.5 Å². The first kappa shape index (κ1) is 26.5. The quantitative estimate of drug-likeness (QED) is 0.412. The minimum atomic E-state index is -0.454. The zero-order valence-corrected chi connectivity index (χ0v) is 21.9. The molecule has 4 heterocycles. The molecule has 2 aromatic heterocycles. The van der Waals surface area contributed by atoms with Crippen molar-refractivity contribution in [2.24, 2.45) is 11.7 Å². The number of aromatic nitrogens is 4. The van der Waals surface area contributed by atoms with Crippen molar-refractivity contribution in [3.63, 3.8) is 0 Å². The third-order valence-electron chi connectivity index (χ3n) is 7.44. The lowest BCUT2D eigenvalue weighted by molar-refractivity contribution is 0.277. The lowest BCUT2D eigenvalue weighted by Crippen LogP contribution is -2.48. The molecule has 0 bridgehead atoms. The van der Waals surface area contributed by atoms with Gasteiger partial charge in [-0.1, -0.05) is 11.6 Å². The molecule has 202 valence electrons. The van der Waals surface area contributed by atoms with Crippen LogP contribution in [0.4, 0.5) is 20.7 Å². The summed E-state index contributed by atoms with van der Waals surface area (Å²) in [4.78, 5) is 21.7. The third-order valence-corrected chi connectivity index (χ3v) is 7.64. The Morgan fingerprint density at radius 3 is 2.29 bits per heavy atom. The molecule has 2 N–H and O–H groups in total. The van der Waals surface area contributed by atoms with Crippen molar-refractivity contribution in [3.05, 3.63) is 65.2 Å². The first-order chi connectivity index (χ1) is 18.5. The summed E-state index contributed by atoms with van der Waals surface area (Å²) in [7, 11) is 0. The van der Waals surface area contributed by atoms with Crippen LogP contribution >= 0.6 is 11.6 Å². The third kappa shape index (κ3) is 6.47. The Morgan fingerprint density at radius 2 is 1.58 bits per heavy atom. The molecule has 38 heavy (non-hydrogen) atoms. The number of nitrogens with two attached hydrogens (primary N) is 1. The number of anilines is 2. The Bertz CT molecular complexity index is 1190. The number of ether oxygens (including phenoxy) is 1. The number of halogens is 3. The van der Waals surface area contributed by atoms with Gasteiger partial charge in [0.2, 0.25) is 11.9 Å². The molecule has 1 aromatic carbocycles. The highest BCUT2D eigenvalue weighted by molar-refractivity contribution is 6.30. The Balaban J connectivity index is 1.03. The zero-order valence-electron chi connectivity index (χ0n) is 21.1. The molecule has 5 rings (SSSR count). The molecule has 2 aliphatic rings. The normalized spacial score (nSPS) is 20.5. The number of piperidine rings is 2. The predicted molar refractivity (Wildman–Crippen MR) is 143 cm³/mol. The van der Waals surface area contributed by atoms with Gasteiger partial charge in [0.15, 0.2) is 5.75 Å². The lowest BCUT2D eigenvalue weighted by Gasteiger charge is -2.37. The van der Waals surface area contributed by atoms with Crippen LogP contribution in [0.1, 0.15) is 43.6 Å². The molecule has 0 radical (unpaired) electrons. The van der Waals surface area contributed by atoms with Gasteiger partial charge in [0, 0.05) is 38.1 Å². The van der Waals surface area contributed by atoms with E-state index < -0.39 is 11.6 Å². The van der Waals surface area contributed by atoms with E-state index in [-0.39, 0.29) is 12.0 Å². The highest BCUT2D eigenvalue weighted by atomic mass is 35.5. The highest BCUT2D eigenvalue weighted by Gasteiger charge is 2.31. The first-order valence-electron chi connectivity index (χ1n) is 13.1. The molecule has 2 fully saturated rings. The van der Waals surface area contributed by atoms with Gasteiger partial charge in [0.1, 0.15) is 11.6 Å². The van der Waals surface area contributed by atoms with E-state index in [1.807, 2.05) is 4.90 Å². The molecule has 11 heteroatoms. The number of benzene rings is 1. The molecular weight excluding hydrogens is 512 g/mol. The Kier molecular flexibility index (Phi) is 8.48. The second-order valence-corrected chi connectivity index (χ2v) is 10.4. The largest absolute Gasteiger partial charge is 0.490 e. The van der Waals surface area contributed by atoms with Crippen molar-refractivity contribution in [3.8, 4) is 5.75 Å². The smallest absolute Gasteiger partial charge is 0.225 e. The second-order valence-electron chi connectivity index (χ2n) is 10.0. The van der Waals surface area contributed by atoms with Gasteiger partial charge in [-0.2, -0.15) is 0 Å². The minimum absolute atomic E-state index is 0.248. The van der Waals surface area contributed by atoms with Crippen LogP contribution in [0.25, 0.3) is 0 Å². The van der Waals surface area contributed by atoms with Crippen LogP contribution in [-0.4, -0.2) is 58.8 Å². The van der Waals surface area contributed by atoms with E-state index in [2.05, 4.69) is 24.8 Å². The topological polar surface area (TPSA) is 93.3 Å². The summed E-state index contributed by atoms with van der Waals surface area (Å²) in [5, 5.41) is 0.549. The summed E-state index contributed by atoms with van der Waals surface area (Å²) >= 11 is 5.88. The number of hydrogen-bond acceptors (Lipinski definition) is 8. The van der Waals surface area contributed by atoms with Gasteiger partial charge in [-0.15, -0.1) is 0 Å². The number of rotatable bonds is 8. The Hall–Kier alpha value is -3.11. The maximum Gasteiger partial charge on any atom is 0.225 e. The fourth-order valence-electron chi connectivity index (χ4n) is 5.35. The minimum Gasteiger partial charge on any atom is -0.490 e. The molecule has 0 amide bonds.